The molecule has 1 amide bonds. The number of amides is 1. The van der Waals surface area contributed by atoms with Crippen LogP contribution in [0.5, 0.6) is 0 Å². The number of likely N-dealkylation sites (tertiary alicyclic amines) is 1. The summed E-state index contributed by atoms with van der Waals surface area (Å²) in [6.45, 7) is 6.71. The van der Waals surface area contributed by atoms with Crippen LogP contribution >= 0.6 is 23.4 Å². The average Bonchev–Trinajstić information content (AvgIpc) is 2.96. The van der Waals surface area contributed by atoms with Crippen molar-refractivity contribution in [3.8, 4) is 0 Å². The number of hydrogen-bond donors (Lipinski definition) is 3. The number of nitrogens with one attached hydrogen (secondary N) is 2. The Bertz CT molecular complexity index is 821. The lowest BCUT2D eigenvalue weighted by Gasteiger charge is -2.47. The summed E-state index contributed by atoms with van der Waals surface area (Å²) >= 11 is 7.57. The highest BCUT2D eigenvalue weighted by Gasteiger charge is 2.42. The van der Waals surface area contributed by atoms with Crippen LogP contribution < -0.4 is 5.32 Å². The maximum absolute atomic E-state index is 11.8. The zero-order valence-electron chi connectivity index (χ0n) is 15.2. The van der Waals surface area contributed by atoms with Gasteiger partial charge in [-0.3, -0.25) is 5.10 Å². The number of aromatic nitrogens is 4. The van der Waals surface area contributed by atoms with Crippen molar-refractivity contribution in [1.29, 1.82) is 0 Å². The first-order valence-corrected chi connectivity index (χ1v) is 10.0. The van der Waals surface area contributed by atoms with Crippen molar-refractivity contribution in [2.75, 3.05) is 18.1 Å². The van der Waals surface area contributed by atoms with Gasteiger partial charge >= 0.3 is 6.09 Å². The summed E-state index contributed by atoms with van der Waals surface area (Å²) in [5, 5.41) is 21.9. The van der Waals surface area contributed by atoms with E-state index in [9.17, 15) is 9.90 Å². The molecule has 3 rings (SSSR count). The second kappa shape index (κ2) is 7.11. The molecule has 2 atom stereocenters. The summed E-state index contributed by atoms with van der Waals surface area (Å²) in [6, 6.07) is -0.277. The number of piperidine rings is 1. The van der Waals surface area contributed by atoms with Gasteiger partial charge in [-0.25, -0.2) is 4.79 Å². The molecule has 26 heavy (non-hydrogen) atoms. The third-order valence-corrected chi connectivity index (χ3v) is 5.49. The Morgan fingerprint density at radius 1 is 1.42 bits per heavy atom. The SMILES string of the molecule is CSc1n[nH]c2nc(Cl)nc(NC3CCCN(C(=O)O)C3C(C)(C)C)c12. The third-order valence-electron chi connectivity index (χ3n) is 4.64. The smallest absolute Gasteiger partial charge is 0.407 e. The number of thioether (sulfide) groups is 1. The molecule has 2 unspecified atom stereocenters. The molecule has 0 aromatic carbocycles. The number of fused-ring (bicyclic) bond motifs is 1. The fraction of sp³-hybridized carbons (Fsp3) is 0.625. The number of carboxylic acid groups (broad SMARTS) is 1. The van der Waals surface area contributed by atoms with Crippen LogP contribution in [-0.4, -0.2) is 61.1 Å². The standard InChI is InChI=1S/C16H23ClN6O2S/c1-16(2,3)10-8(6-5-7-23(10)15(24)25)18-11-9-12(20-14(17)19-11)21-22-13(9)26-4/h8,10H,5-7H2,1-4H3,(H,24,25)(H2,18,19,20,21,22). The maximum Gasteiger partial charge on any atom is 0.407 e. The topological polar surface area (TPSA) is 107 Å². The summed E-state index contributed by atoms with van der Waals surface area (Å²) in [6.07, 6.45) is 2.68. The van der Waals surface area contributed by atoms with Crippen LogP contribution in [0, 0.1) is 5.41 Å². The Kier molecular flexibility index (Phi) is 5.21. The average molecular weight is 399 g/mol. The number of H-pyrrole nitrogens is 1. The molecule has 1 aliphatic heterocycles. The van der Waals surface area contributed by atoms with Crippen LogP contribution in [0.3, 0.4) is 0 Å². The van der Waals surface area contributed by atoms with E-state index in [2.05, 4.69) is 46.3 Å². The Labute approximate surface area is 161 Å². The highest BCUT2D eigenvalue weighted by molar-refractivity contribution is 7.98. The predicted molar refractivity (Wildman–Crippen MR) is 103 cm³/mol. The van der Waals surface area contributed by atoms with Gasteiger partial charge in [-0.05, 0) is 36.1 Å². The minimum absolute atomic E-state index is 0.0846. The van der Waals surface area contributed by atoms with Gasteiger partial charge in [-0.2, -0.15) is 15.1 Å². The number of hydrogen-bond acceptors (Lipinski definition) is 6. The van der Waals surface area contributed by atoms with E-state index in [0.29, 0.717) is 18.0 Å². The van der Waals surface area contributed by atoms with E-state index in [1.54, 1.807) is 0 Å². The molecule has 0 spiro atoms. The number of aromatic amines is 1. The van der Waals surface area contributed by atoms with Crippen molar-refractivity contribution in [3.05, 3.63) is 5.28 Å². The number of carbonyl (C=O) groups is 1. The fourth-order valence-corrected chi connectivity index (χ4v) is 4.44. The molecular weight excluding hydrogens is 376 g/mol. The monoisotopic (exact) mass is 398 g/mol. The van der Waals surface area contributed by atoms with Crippen LogP contribution in [-0.2, 0) is 0 Å². The Hall–Kier alpha value is -1.74. The van der Waals surface area contributed by atoms with Crippen LogP contribution in [0.4, 0.5) is 10.6 Å². The molecule has 142 valence electrons. The van der Waals surface area contributed by atoms with Crippen molar-refractivity contribution in [3.63, 3.8) is 0 Å². The van der Waals surface area contributed by atoms with Gasteiger partial charge in [0.1, 0.15) is 10.8 Å². The quantitative estimate of drug-likeness (QED) is 0.534. The minimum Gasteiger partial charge on any atom is -0.465 e. The van der Waals surface area contributed by atoms with Gasteiger partial charge in [-0.1, -0.05) is 20.8 Å². The summed E-state index contributed by atoms with van der Waals surface area (Å²) in [7, 11) is 0. The first-order chi connectivity index (χ1) is 12.2. The zero-order valence-corrected chi connectivity index (χ0v) is 16.8. The van der Waals surface area contributed by atoms with E-state index in [4.69, 9.17) is 11.6 Å². The zero-order chi connectivity index (χ0) is 19.1. The van der Waals surface area contributed by atoms with E-state index < -0.39 is 6.09 Å². The molecule has 0 aliphatic carbocycles. The van der Waals surface area contributed by atoms with E-state index in [0.717, 1.165) is 23.3 Å². The summed E-state index contributed by atoms with van der Waals surface area (Å²) < 4.78 is 0. The lowest BCUT2D eigenvalue weighted by molar-refractivity contribution is 0.0519. The van der Waals surface area contributed by atoms with Gasteiger partial charge in [-0.15, -0.1) is 11.8 Å². The summed E-state index contributed by atoms with van der Waals surface area (Å²) in [5.74, 6) is 0.588. The second-order valence-corrected chi connectivity index (χ2v) is 8.61. The number of halogens is 1. The molecule has 8 nitrogen and oxygen atoms in total. The van der Waals surface area contributed by atoms with Gasteiger partial charge in [0.05, 0.1) is 11.4 Å². The number of rotatable bonds is 3. The molecule has 2 aromatic rings. The largest absolute Gasteiger partial charge is 0.465 e. The molecule has 2 aromatic heterocycles. The van der Waals surface area contributed by atoms with Crippen LogP contribution in [0.1, 0.15) is 33.6 Å². The summed E-state index contributed by atoms with van der Waals surface area (Å²) in [4.78, 5) is 21.9. The van der Waals surface area contributed by atoms with E-state index in [-0.39, 0.29) is 22.8 Å². The Balaban J connectivity index is 2.02. The van der Waals surface area contributed by atoms with Crippen LogP contribution in [0.15, 0.2) is 5.03 Å². The van der Waals surface area contributed by atoms with E-state index in [1.807, 2.05) is 6.26 Å². The molecule has 1 aliphatic rings. The summed E-state index contributed by atoms with van der Waals surface area (Å²) in [5.41, 5.74) is 0.334. The normalized spacial score (nSPS) is 21.2. The molecule has 10 heteroatoms. The molecule has 3 heterocycles. The Morgan fingerprint density at radius 3 is 2.77 bits per heavy atom. The number of nitrogens with zero attached hydrogens (tertiary/aromatic N) is 4. The van der Waals surface area contributed by atoms with Crippen molar-refractivity contribution in [2.45, 2.75) is 50.7 Å². The minimum atomic E-state index is -0.893. The maximum atomic E-state index is 11.8. The van der Waals surface area contributed by atoms with Crippen molar-refractivity contribution in [2.24, 2.45) is 5.41 Å². The van der Waals surface area contributed by atoms with E-state index in [1.165, 1.54) is 16.7 Å². The van der Waals surface area contributed by atoms with Gasteiger partial charge in [0.2, 0.25) is 5.28 Å². The third kappa shape index (κ3) is 3.55. The van der Waals surface area contributed by atoms with Crippen molar-refractivity contribution >= 4 is 46.3 Å². The molecule has 1 saturated heterocycles. The first-order valence-electron chi connectivity index (χ1n) is 8.44. The second-order valence-electron chi connectivity index (χ2n) is 7.48. The molecule has 0 radical (unpaired) electrons. The van der Waals surface area contributed by atoms with Crippen LogP contribution in [0.25, 0.3) is 11.0 Å². The van der Waals surface area contributed by atoms with Crippen LogP contribution in [0.2, 0.25) is 5.28 Å². The van der Waals surface area contributed by atoms with Gasteiger partial charge in [0.25, 0.3) is 0 Å². The fourth-order valence-electron chi connectivity index (χ4n) is 3.74. The van der Waals surface area contributed by atoms with Crippen molar-refractivity contribution < 1.29 is 9.90 Å². The molecule has 3 N–H and O–H groups in total. The van der Waals surface area contributed by atoms with Crippen molar-refractivity contribution in [1.82, 2.24) is 25.1 Å². The van der Waals surface area contributed by atoms with E-state index >= 15 is 0 Å². The highest BCUT2D eigenvalue weighted by atomic mass is 35.5. The molecule has 0 saturated carbocycles. The lowest BCUT2D eigenvalue weighted by atomic mass is 9.77. The van der Waals surface area contributed by atoms with Gasteiger partial charge in [0, 0.05) is 12.6 Å². The Morgan fingerprint density at radius 2 is 2.15 bits per heavy atom. The first kappa shape index (κ1) is 19.0. The molecule has 0 bridgehead atoms. The molecular formula is C16H23ClN6O2S. The highest BCUT2D eigenvalue weighted by Crippen LogP contribution is 2.36. The number of anilines is 1. The van der Waals surface area contributed by atoms with Gasteiger partial charge < -0.3 is 15.3 Å². The predicted octanol–water partition coefficient (Wildman–Crippen LogP) is 3.70. The lowest BCUT2D eigenvalue weighted by Crippen LogP contribution is -2.58. The molecule has 1 fully saturated rings. The van der Waals surface area contributed by atoms with Gasteiger partial charge in [0.15, 0.2) is 5.65 Å².